The number of benzene rings is 1. The molecule has 4 rings (SSSR count). The quantitative estimate of drug-likeness (QED) is 0.658. The molecule has 1 aliphatic rings. The Morgan fingerprint density at radius 3 is 2.61 bits per heavy atom. The highest BCUT2D eigenvalue weighted by molar-refractivity contribution is 5.96. The van der Waals surface area contributed by atoms with Crippen molar-refractivity contribution in [3.05, 3.63) is 71.8 Å². The van der Waals surface area contributed by atoms with Gasteiger partial charge in [0.25, 0.3) is 0 Å². The molecule has 1 aromatic carbocycles. The molecule has 3 heterocycles. The van der Waals surface area contributed by atoms with Crippen LogP contribution in [-0.4, -0.2) is 33.0 Å². The Bertz CT molecular complexity index is 1050. The van der Waals surface area contributed by atoms with Crippen LogP contribution in [0.4, 0.5) is 5.82 Å². The van der Waals surface area contributed by atoms with Gasteiger partial charge in [0.15, 0.2) is 0 Å². The molecule has 7 heteroatoms. The van der Waals surface area contributed by atoms with Crippen molar-refractivity contribution in [2.75, 3.05) is 11.9 Å². The average molecular weight is 421 g/mol. The SMILES string of the molecule is CC(C)(C)c1ccc(Cn2nccc2NC(=O)C2CC(=O)N(Cc3ccco3)C2)cc1. The molecule has 1 aliphatic heterocycles. The summed E-state index contributed by atoms with van der Waals surface area (Å²) in [4.78, 5) is 26.8. The minimum absolute atomic E-state index is 0.0380. The third kappa shape index (κ3) is 4.87. The van der Waals surface area contributed by atoms with Gasteiger partial charge in [0.05, 0.1) is 31.5 Å². The molecule has 1 fully saturated rings. The summed E-state index contributed by atoms with van der Waals surface area (Å²) in [5.41, 5.74) is 2.48. The van der Waals surface area contributed by atoms with Crippen LogP contribution in [0.15, 0.2) is 59.3 Å². The summed E-state index contributed by atoms with van der Waals surface area (Å²) in [7, 11) is 0. The molecule has 0 bridgehead atoms. The average Bonchev–Trinajstić information content (AvgIpc) is 3.46. The molecule has 2 amide bonds. The second-order valence-corrected chi connectivity index (χ2v) is 9.06. The van der Waals surface area contributed by atoms with Crippen LogP contribution in [0.25, 0.3) is 0 Å². The van der Waals surface area contributed by atoms with E-state index < -0.39 is 5.92 Å². The van der Waals surface area contributed by atoms with Gasteiger partial charge >= 0.3 is 0 Å². The van der Waals surface area contributed by atoms with Crippen molar-refractivity contribution in [1.29, 1.82) is 0 Å². The molecule has 1 unspecified atom stereocenters. The van der Waals surface area contributed by atoms with Crippen molar-refractivity contribution in [1.82, 2.24) is 14.7 Å². The summed E-state index contributed by atoms with van der Waals surface area (Å²) in [6.45, 7) is 7.89. The van der Waals surface area contributed by atoms with Gasteiger partial charge in [0.2, 0.25) is 11.8 Å². The summed E-state index contributed by atoms with van der Waals surface area (Å²) in [5.74, 6) is 0.743. The topological polar surface area (TPSA) is 80.4 Å². The van der Waals surface area contributed by atoms with Crippen LogP contribution in [0.2, 0.25) is 0 Å². The monoisotopic (exact) mass is 420 g/mol. The van der Waals surface area contributed by atoms with Gasteiger partial charge in [-0.05, 0) is 28.7 Å². The maximum Gasteiger partial charge on any atom is 0.230 e. The minimum Gasteiger partial charge on any atom is -0.467 e. The number of rotatable bonds is 6. The van der Waals surface area contributed by atoms with E-state index in [0.29, 0.717) is 31.2 Å². The van der Waals surface area contributed by atoms with Gasteiger partial charge in [-0.1, -0.05) is 45.0 Å². The normalized spacial score (nSPS) is 16.7. The molecular formula is C24H28N4O3. The number of amides is 2. The molecular weight excluding hydrogens is 392 g/mol. The van der Waals surface area contributed by atoms with E-state index in [-0.39, 0.29) is 23.7 Å². The zero-order valence-electron chi connectivity index (χ0n) is 18.2. The summed E-state index contributed by atoms with van der Waals surface area (Å²) >= 11 is 0. The van der Waals surface area contributed by atoms with E-state index in [4.69, 9.17) is 4.42 Å². The molecule has 0 aliphatic carbocycles. The van der Waals surface area contributed by atoms with Gasteiger partial charge in [-0.3, -0.25) is 9.59 Å². The van der Waals surface area contributed by atoms with Gasteiger partial charge in [0, 0.05) is 19.0 Å². The lowest BCUT2D eigenvalue weighted by atomic mass is 9.87. The lowest BCUT2D eigenvalue weighted by Crippen LogP contribution is -2.28. The van der Waals surface area contributed by atoms with E-state index in [1.54, 1.807) is 34.2 Å². The fraction of sp³-hybridized carbons (Fsp3) is 0.375. The number of hydrogen-bond donors (Lipinski definition) is 1. The standard InChI is InChI=1S/C24H28N4O3/c1-24(2,3)19-8-6-17(7-9-19)14-28-21(10-11-25-28)26-23(30)18-13-22(29)27(15-18)16-20-5-4-12-31-20/h4-12,18H,13-16H2,1-3H3,(H,26,30). The van der Waals surface area contributed by atoms with Crippen LogP contribution in [-0.2, 0) is 28.1 Å². The van der Waals surface area contributed by atoms with Crippen molar-refractivity contribution < 1.29 is 14.0 Å². The first-order valence-corrected chi connectivity index (χ1v) is 10.5. The number of anilines is 1. The Morgan fingerprint density at radius 1 is 1.16 bits per heavy atom. The van der Waals surface area contributed by atoms with Crippen molar-refractivity contribution in [3.8, 4) is 0 Å². The second-order valence-electron chi connectivity index (χ2n) is 9.06. The summed E-state index contributed by atoms with van der Waals surface area (Å²) in [5, 5.41) is 7.30. The summed E-state index contributed by atoms with van der Waals surface area (Å²) in [6.07, 6.45) is 3.45. The minimum atomic E-state index is -0.392. The molecule has 0 spiro atoms. The third-order valence-corrected chi connectivity index (χ3v) is 5.63. The molecule has 162 valence electrons. The van der Waals surface area contributed by atoms with Crippen LogP contribution in [0.1, 0.15) is 44.1 Å². The van der Waals surface area contributed by atoms with Gasteiger partial charge < -0.3 is 14.6 Å². The largest absolute Gasteiger partial charge is 0.467 e. The molecule has 1 saturated heterocycles. The predicted molar refractivity (Wildman–Crippen MR) is 117 cm³/mol. The summed E-state index contributed by atoms with van der Waals surface area (Å²) < 4.78 is 7.08. The van der Waals surface area contributed by atoms with Crippen LogP contribution in [0.3, 0.4) is 0 Å². The number of carbonyl (C=O) groups is 2. The number of aromatic nitrogens is 2. The van der Waals surface area contributed by atoms with E-state index in [9.17, 15) is 9.59 Å². The molecule has 1 atom stereocenters. The summed E-state index contributed by atoms with van der Waals surface area (Å²) in [6, 6.07) is 13.8. The van der Waals surface area contributed by atoms with Crippen molar-refractivity contribution in [2.45, 2.75) is 45.7 Å². The third-order valence-electron chi connectivity index (χ3n) is 5.63. The number of nitrogens with zero attached hydrogens (tertiary/aromatic N) is 3. The maximum atomic E-state index is 12.8. The van der Waals surface area contributed by atoms with Crippen molar-refractivity contribution >= 4 is 17.6 Å². The van der Waals surface area contributed by atoms with Crippen LogP contribution in [0, 0.1) is 5.92 Å². The number of hydrogen-bond acceptors (Lipinski definition) is 4. The molecule has 0 saturated carbocycles. The van der Waals surface area contributed by atoms with Crippen LogP contribution in [0.5, 0.6) is 0 Å². The lowest BCUT2D eigenvalue weighted by molar-refractivity contribution is -0.128. The number of furan rings is 1. The predicted octanol–water partition coefficient (Wildman–Crippen LogP) is 3.81. The first-order valence-electron chi connectivity index (χ1n) is 10.5. The van der Waals surface area contributed by atoms with E-state index in [2.05, 4.69) is 55.5 Å². The Kier molecular flexibility index (Phi) is 5.67. The van der Waals surface area contributed by atoms with Gasteiger partial charge in [0.1, 0.15) is 11.6 Å². The molecule has 2 aromatic heterocycles. The van der Waals surface area contributed by atoms with E-state index >= 15 is 0 Å². The highest BCUT2D eigenvalue weighted by atomic mass is 16.3. The molecule has 1 N–H and O–H groups in total. The number of likely N-dealkylation sites (tertiary alicyclic amines) is 1. The van der Waals surface area contributed by atoms with Crippen LogP contribution >= 0.6 is 0 Å². The lowest BCUT2D eigenvalue weighted by Gasteiger charge is -2.19. The molecule has 0 radical (unpaired) electrons. The zero-order valence-corrected chi connectivity index (χ0v) is 18.2. The highest BCUT2D eigenvalue weighted by Gasteiger charge is 2.35. The molecule has 3 aromatic rings. The van der Waals surface area contributed by atoms with Gasteiger partial charge in [-0.2, -0.15) is 5.10 Å². The van der Waals surface area contributed by atoms with Crippen LogP contribution < -0.4 is 5.32 Å². The Morgan fingerprint density at radius 2 is 1.94 bits per heavy atom. The fourth-order valence-corrected chi connectivity index (χ4v) is 3.77. The second kappa shape index (κ2) is 8.41. The van der Waals surface area contributed by atoms with Crippen molar-refractivity contribution in [3.63, 3.8) is 0 Å². The van der Waals surface area contributed by atoms with E-state index in [0.717, 1.165) is 5.56 Å². The first kappa shape index (κ1) is 20.9. The maximum absolute atomic E-state index is 12.8. The van der Waals surface area contributed by atoms with Gasteiger partial charge in [-0.25, -0.2) is 4.68 Å². The Labute approximate surface area is 182 Å². The van der Waals surface area contributed by atoms with E-state index in [1.165, 1.54) is 5.56 Å². The fourth-order valence-electron chi connectivity index (χ4n) is 3.77. The van der Waals surface area contributed by atoms with Gasteiger partial charge in [-0.15, -0.1) is 0 Å². The molecule has 31 heavy (non-hydrogen) atoms. The number of carbonyl (C=O) groups excluding carboxylic acids is 2. The first-order chi connectivity index (χ1) is 14.8. The van der Waals surface area contributed by atoms with E-state index in [1.807, 2.05) is 6.07 Å². The number of nitrogens with one attached hydrogen (secondary N) is 1. The highest BCUT2D eigenvalue weighted by Crippen LogP contribution is 2.24. The van der Waals surface area contributed by atoms with Crippen molar-refractivity contribution in [2.24, 2.45) is 5.92 Å². The Hall–Kier alpha value is -3.35. The zero-order chi connectivity index (χ0) is 22.0. The molecule has 7 nitrogen and oxygen atoms in total. The smallest absolute Gasteiger partial charge is 0.230 e. The Balaban J connectivity index is 1.38.